The van der Waals surface area contributed by atoms with Crippen LogP contribution in [0.2, 0.25) is 0 Å². The summed E-state index contributed by atoms with van der Waals surface area (Å²) in [6.07, 6.45) is -0.0340. The number of anilines is 1. The lowest BCUT2D eigenvalue weighted by Gasteiger charge is -2.24. The Bertz CT molecular complexity index is 487. The fraction of sp³-hybridized carbons (Fsp3) is 0.571. The maximum absolute atomic E-state index is 11.0. The fourth-order valence-corrected chi connectivity index (χ4v) is 2.12. The van der Waals surface area contributed by atoms with Crippen LogP contribution in [-0.2, 0) is 4.74 Å². The molecule has 0 aromatic heterocycles. The standard InChI is InChI=1S/C14H21N3O4/c1-10(2)21-14-6-11(5-13(7-14)17(18)19)16-8-12-9-20-4-3-15-12/h5-7,10,12,15-16H,3-4,8-9H2,1-2H3. The summed E-state index contributed by atoms with van der Waals surface area (Å²) >= 11 is 0. The molecule has 1 heterocycles. The number of morpholine rings is 1. The van der Waals surface area contributed by atoms with Gasteiger partial charge in [0.05, 0.1) is 30.3 Å². The van der Waals surface area contributed by atoms with Gasteiger partial charge in [-0.15, -0.1) is 0 Å². The van der Waals surface area contributed by atoms with Gasteiger partial charge in [0.15, 0.2) is 0 Å². The highest BCUT2D eigenvalue weighted by atomic mass is 16.6. The van der Waals surface area contributed by atoms with Crippen molar-refractivity contribution in [2.75, 3.05) is 31.6 Å². The zero-order valence-corrected chi connectivity index (χ0v) is 12.3. The highest BCUT2D eigenvalue weighted by Gasteiger charge is 2.15. The number of nitrogens with one attached hydrogen (secondary N) is 2. The lowest BCUT2D eigenvalue weighted by Crippen LogP contribution is -2.45. The van der Waals surface area contributed by atoms with Crippen molar-refractivity contribution in [3.63, 3.8) is 0 Å². The normalized spacial score (nSPS) is 18.5. The Kier molecular flexibility index (Phi) is 5.35. The zero-order chi connectivity index (χ0) is 15.2. The van der Waals surface area contributed by atoms with E-state index < -0.39 is 4.92 Å². The fourth-order valence-electron chi connectivity index (χ4n) is 2.12. The Morgan fingerprint density at radius 3 is 2.95 bits per heavy atom. The van der Waals surface area contributed by atoms with Crippen molar-refractivity contribution in [1.82, 2.24) is 5.32 Å². The van der Waals surface area contributed by atoms with Gasteiger partial charge in [0.25, 0.3) is 5.69 Å². The Hall–Kier alpha value is -1.86. The van der Waals surface area contributed by atoms with E-state index in [1.165, 1.54) is 12.1 Å². The number of nitro benzene ring substituents is 1. The average molecular weight is 295 g/mol. The molecule has 7 nitrogen and oxygen atoms in total. The number of benzene rings is 1. The molecule has 21 heavy (non-hydrogen) atoms. The first-order valence-corrected chi connectivity index (χ1v) is 7.05. The molecule has 0 bridgehead atoms. The van der Waals surface area contributed by atoms with E-state index in [0.717, 1.165) is 13.2 Å². The molecule has 1 fully saturated rings. The summed E-state index contributed by atoms with van der Waals surface area (Å²) in [6.45, 7) is 6.59. The van der Waals surface area contributed by atoms with Crippen LogP contribution in [0.15, 0.2) is 18.2 Å². The molecule has 7 heteroatoms. The van der Waals surface area contributed by atoms with Gasteiger partial charge in [-0.25, -0.2) is 0 Å². The van der Waals surface area contributed by atoms with E-state index in [4.69, 9.17) is 9.47 Å². The molecule has 116 valence electrons. The lowest BCUT2D eigenvalue weighted by atomic mass is 10.2. The summed E-state index contributed by atoms with van der Waals surface area (Å²) in [5.74, 6) is 0.495. The van der Waals surface area contributed by atoms with Crippen LogP contribution in [0, 0.1) is 10.1 Å². The molecule has 1 aliphatic rings. The van der Waals surface area contributed by atoms with Gasteiger partial charge >= 0.3 is 0 Å². The van der Waals surface area contributed by atoms with Crippen molar-refractivity contribution in [3.05, 3.63) is 28.3 Å². The second-order valence-corrected chi connectivity index (χ2v) is 5.25. The number of nitrogens with zero attached hydrogens (tertiary/aromatic N) is 1. The molecule has 1 atom stereocenters. The van der Waals surface area contributed by atoms with Gasteiger partial charge in [0, 0.05) is 37.0 Å². The molecule has 1 aromatic carbocycles. The van der Waals surface area contributed by atoms with Gasteiger partial charge < -0.3 is 20.1 Å². The Labute approximate surface area is 123 Å². The maximum Gasteiger partial charge on any atom is 0.275 e. The molecule has 1 unspecified atom stereocenters. The van der Waals surface area contributed by atoms with Crippen molar-refractivity contribution < 1.29 is 14.4 Å². The second-order valence-electron chi connectivity index (χ2n) is 5.25. The number of rotatable bonds is 6. The topological polar surface area (TPSA) is 85.7 Å². The zero-order valence-electron chi connectivity index (χ0n) is 12.3. The van der Waals surface area contributed by atoms with Crippen LogP contribution in [0.1, 0.15) is 13.8 Å². The van der Waals surface area contributed by atoms with Crippen LogP contribution in [0.5, 0.6) is 5.75 Å². The molecule has 2 rings (SSSR count). The highest BCUT2D eigenvalue weighted by Crippen LogP contribution is 2.26. The minimum absolute atomic E-state index is 0.0171. The smallest absolute Gasteiger partial charge is 0.275 e. The maximum atomic E-state index is 11.0. The van der Waals surface area contributed by atoms with Crippen LogP contribution < -0.4 is 15.4 Å². The van der Waals surface area contributed by atoms with Crippen molar-refractivity contribution in [3.8, 4) is 5.75 Å². The number of ether oxygens (including phenoxy) is 2. The van der Waals surface area contributed by atoms with Gasteiger partial charge in [-0.3, -0.25) is 10.1 Å². The Balaban J connectivity index is 2.05. The molecule has 1 aromatic rings. The molecule has 2 N–H and O–H groups in total. The largest absolute Gasteiger partial charge is 0.491 e. The third-order valence-corrected chi connectivity index (χ3v) is 3.02. The Morgan fingerprint density at radius 2 is 2.33 bits per heavy atom. The van der Waals surface area contributed by atoms with Gasteiger partial charge in [-0.2, -0.15) is 0 Å². The van der Waals surface area contributed by atoms with E-state index in [-0.39, 0.29) is 17.8 Å². The monoisotopic (exact) mass is 295 g/mol. The second kappa shape index (κ2) is 7.24. The quantitative estimate of drug-likeness (QED) is 0.614. The average Bonchev–Trinajstić information content (AvgIpc) is 2.45. The summed E-state index contributed by atoms with van der Waals surface area (Å²) in [4.78, 5) is 10.6. The molecule has 1 aliphatic heterocycles. The summed E-state index contributed by atoms with van der Waals surface area (Å²) < 4.78 is 10.9. The minimum atomic E-state index is -0.416. The van der Waals surface area contributed by atoms with Crippen molar-refractivity contribution in [2.45, 2.75) is 26.0 Å². The molecule has 0 spiro atoms. The first-order valence-electron chi connectivity index (χ1n) is 7.05. The van der Waals surface area contributed by atoms with Crippen molar-refractivity contribution in [1.29, 1.82) is 0 Å². The van der Waals surface area contributed by atoms with Crippen LogP contribution in [0.25, 0.3) is 0 Å². The van der Waals surface area contributed by atoms with Crippen LogP contribution >= 0.6 is 0 Å². The van der Waals surface area contributed by atoms with Gasteiger partial charge in [0.2, 0.25) is 0 Å². The third kappa shape index (κ3) is 4.87. The van der Waals surface area contributed by atoms with E-state index in [2.05, 4.69) is 10.6 Å². The van der Waals surface area contributed by atoms with Crippen LogP contribution in [0.4, 0.5) is 11.4 Å². The summed E-state index contributed by atoms with van der Waals surface area (Å²) in [5, 5.41) is 17.5. The number of hydrogen-bond donors (Lipinski definition) is 2. The summed E-state index contributed by atoms with van der Waals surface area (Å²) in [7, 11) is 0. The van der Waals surface area contributed by atoms with Gasteiger partial charge in [-0.1, -0.05) is 0 Å². The minimum Gasteiger partial charge on any atom is -0.491 e. The number of nitro groups is 1. The van der Waals surface area contributed by atoms with Crippen LogP contribution in [0.3, 0.4) is 0 Å². The van der Waals surface area contributed by atoms with Crippen molar-refractivity contribution in [2.24, 2.45) is 0 Å². The molecule has 1 saturated heterocycles. The molecule has 0 saturated carbocycles. The summed E-state index contributed by atoms with van der Waals surface area (Å²) in [6, 6.07) is 4.92. The molecular weight excluding hydrogens is 274 g/mol. The van der Waals surface area contributed by atoms with E-state index in [9.17, 15) is 10.1 Å². The predicted octanol–water partition coefficient (Wildman–Crippen LogP) is 1.78. The highest BCUT2D eigenvalue weighted by molar-refractivity contribution is 5.56. The first kappa shape index (κ1) is 15.5. The van der Waals surface area contributed by atoms with E-state index >= 15 is 0 Å². The van der Waals surface area contributed by atoms with E-state index in [1.807, 2.05) is 13.8 Å². The SMILES string of the molecule is CC(C)Oc1cc(NCC2COCCN2)cc([N+](=O)[O-])c1. The molecule has 0 amide bonds. The van der Waals surface area contributed by atoms with Gasteiger partial charge in [0.1, 0.15) is 5.75 Å². The summed E-state index contributed by atoms with van der Waals surface area (Å²) in [5.41, 5.74) is 0.690. The van der Waals surface area contributed by atoms with Gasteiger partial charge in [-0.05, 0) is 13.8 Å². The third-order valence-electron chi connectivity index (χ3n) is 3.02. The lowest BCUT2D eigenvalue weighted by molar-refractivity contribution is -0.384. The van der Waals surface area contributed by atoms with E-state index in [1.54, 1.807) is 6.07 Å². The Morgan fingerprint density at radius 1 is 1.52 bits per heavy atom. The van der Waals surface area contributed by atoms with Crippen LogP contribution in [-0.4, -0.2) is 43.4 Å². The van der Waals surface area contributed by atoms with Crippen molar-refractivity contribution >= 4 is 11.4 Å². The molecule has 0 radical (unpaired) electrons. The number of hydrogen-bond acceptors (Lipinski definition) is 6. The predicted molar refractivity (Wildman–Crippen MR) is 80.0 cm³/mol. The molecule has 0 aliphatic carbocycles. The van der Waals surface area contributed by atoms with E-state index in [0.29, 0.717) is 24.6 Å². The molecular formula is C14H21N3O4. The number of non-ortho nitro benzene ring substituents is 1. The first-order chi connectivity index (χ1) is 10.0.